The Bertz CT molecular complexity index is 936. The first kappa shape index (κ1) is 32.3. The Labute approximate surface area is 239 Å². The van der Waals surface area contributed by atoms with Crippen LogP contribution < -0.4 is 5.32 Å². The number of carboxylic acids is 1. The molecule has 6 atom stereocenters. The summed E-state index contributed by atoms with van der Waals surface area (Å²) in [4.78, 5) is 59.7. The first-order valence-corrected chi connectivity index (χ1v) is 14.9. The maximum atomic E-state index is 14.0. The van der Waals surface area contributed by atoms with E-state index in [9.17, 15) is 29.4 Å². The third kappa shape index (κ3) is 7.33. The van der Waals surface area contributed by atoms with E-state index in [1.54, 1.807) is 11.9 Å². The summed E-state index contributed by atoms with van der Waals surface area (Å²) in [5.41, 5.74) is -0.510. The van der Waals surface area contributed by atoms with Gasteiger partial charge in [-0.25, -0.2) is 4.79 Å². The van der Waals surface area contributed by atoms with Crippen molar-refractivity contribution in [2.45, 2.75) is 109 Å². The van der Waals surface area contributed by atoms with E-state index in [1.807, 2.05) is 41.7 Å². The highest BCUT2D eigenvalue weighted by Crippen LogP contribution is 2.28. The summed E-state index contributed by atoms with van der Waals surface area (Å²) in [5.74, 6) is -1.57. The van der Waals surface area contributed by atoms with Gasteiger partial charge in [0.2, 0.25) is 17.7 Å². The predicted molar refractivity (Wildman–Crippen MR) is 151 cm³/mol. The molecule has 0 aliphatic carbocycles. The van der Waals surface area contributed by atoms with E-state index in [1.165, 1.54) is 4.90 Å². The number of carbonyl (C=O) groups excluding carboxylic acids is 3. The molecular formula is C29H51N5O6. The van der Waals surface area contributed by atoms with Crippen LogP contribution in [-0.2, 0) is 19.2 Å². The van der Waals surface area contributed by atoms with Crippen LogP contribution >= 0.6 is 0 Å². The fourth-order valence-corrected chi connectivity index (χ4v) is 6.49. The number of aliphatic hydroxyl groups excluding tert-OH is 1. The quantitative estimate of drug-likeness (QED) is 0.377. The van der Waals surface area contributed by atoms with E-state index in [0.717, 1.165) is 32.2 Å². The number of piperidine rings is 1. The van der Waals surface area contributed by atoms with Crippen molar-refractivity contribution < 1.29 is 29.4 Å². The number of nitrogens with one attached hydrogen (secondary N) is 1. The number of likely N-dealkylation sites (N-methyl/N-ethyl adjacent to an activating group) is 2. The van der Waals surface area contributed by atoms with Crippen LogP contribution in [0, 0.1) is 11.3 Å². The molecule has 11 nitrogen and oxygen atoms in total. The van der Waals surface area contributed by atoms with Crippen molar-refractivity contribution >= 4 is 23.7 Å². The third-order valence-electron chi connectivity index (χ3n) is 9.00. The second-order valence-electron chi connectivity index (χ2n) is 13.4. The number of β-amino-alcohol motifs (C(OH)–C–C–N with tert-alkyl or cyclic N) is 1. The highest BCUT2D eigenvalue weighted by Gasteiger charge is 2.45. The molecule has 3 aliphatic rings. The van der Waals surface area contributed by atoms with Crippen molar-refractivity contribution in [3.05, 3.63) is 0 Å². The molecule has 0 aromatic rings. The number of likely N-dealkylation sites (tertiary alicyclic amines) is 3. The Kier molecular flexibility index (Phi) is 10.6. The molecule has 11 heteroatoms. The number of hydrogen-bond acceptors (Lipinski definition) is 7. The fraction of sp³-hybridized carbons (Fsp3) is 0.862. The number of aliphatic carboxylic acids is 1. The molecular weight excluding hydrogens is 514 g/mol. The SMILES string of the molecule is CC(C)[C@@H](CN1CCC[C@H]1C(=O)N1CC(O)C[C@H]1C(=O)O)N(C)C(=O)[C@@H](NC(=O)[C@H]1CCCCN1C)C(C)(C)C. The van der Waals surface area contributed by atoms with Crippen molar-refractivity contribution in [3.8, 4) is 0 Å². The molecule has 1 unspecified atom stereocenters. The zero-order chi connectivity index (χ0) is 29.9. The highest BCUT2D eigenvalue weighted by molar-refractivity contribution is 5.90. The van der Waals surface area contributed by atoms with Crippen molar-refractivity contribution in [2.24, 2.45) is 11.3 Å². The normalized spacial score (nSPS) is 28.0. The van der Waals surface area contributed by atoms with Crippen LogP contribution in [0.1, 0.15) is 73.1 Å². The lowest BCUT2D eigenvalue weighted by atomic mass is 9.84. The van der Waals surface area contributed by atoms with Gasteiger partial charge < -0.3 is 25.3 Å². The average Bonchev–Trinajstić information content (AvgIpc) is 3.50. The molecule has 0 aromatic carbocycles. The summed E-state index contributed by atoms with van der Waals surface area (Å²) < 4.78 is 0. The van der Waals surface area contributed by atoms with Gasteiger partial charge in [-0.05, 0) is 57.2 Å². The summed E-state index contributed by atoms with van der Waals surface area (Å²) >= 11 is 0. The largest absolute Gasteiger partial charge is 0.480 e. The molecule has 0 radical (unpaired) electrons. The van der Waals surface area contributed by atoms with E-state index >= 15 is 0 Å². The van der Waals surface area contributed by atoms with E-state index in [0.29, 0.717) is 19.5 Å². The lowest BCUT2D eigenvalue weighted by Gasteiger charge is -2.41. The molecule has 3 N–H and O–H groups in total. The third-order valence-corrected chi connectivity index (χ3v) is 9.00. The van der Waals surface area contributed by atoms with Crippen LogP contribution in [0.4, 0.5) is 0 Å². The van der Waals surface area contributed by atoms with Gasteiger partial charge in [-0.3, -0.25) is 24.2 Å². The van der Waals surface area contributed by atoms with E-state index < -0.39 is 35.6 Å². The Morgan fingerprint density at radius 1 is 1.00 bits per heavy atom. The number of aliphatic hydroxyl groups is 1. The smallest absolute Gasteiger partial charge is 0.326 e. The van der Waals surface area contributed by atoms with Crippen LogP contribution in [0.5, 0.6) is 0 Å². The minimum absolute atomic E-state index is 0.0231. The van der Waals surface area contributed by atoms with Crippen LogP contribution in [0.25, 0.3) is 0 Å². The zero-order valence-electron chi connectivity index (χ0n) is 25.4. The van der Waals surface area contributed by atoms with Crippen LogP contribution in [0.15, 0.2) is 0 Å². The molecule has 0 aromatic heterocycles. The van der Waals surface area contributed by atoms with E-state index in [4.69, 9.17) is 0 Å². The topological polar surface area (TPSA) is 134 Å². The molecule has 0 saturated carbocycles. The van der Waals surface area contributed by atoms with Crippen LogP contribution in [-0.4, -0.2) is 130 Å². The summed E-state index contributed by atoms with van der Waals surface area (Å²) in [6, 6.07) is -2.68. The Balaban J connectivity index is 1.75. The van der Waals surface area contributed by atoms with Gasteiger partial charge in [0.1, 0.15) is 12.1 Å². The zero-order valence-corrected chi connectivity index (χ0v) is 25.4. The van der Waals surface area contributed by atoms with E-state index in [2.05, 4.69) is 15.1 Å². The first-order chi connectivity index (χ1) is 18.6. The Morgan fingerprint density at radius 2 is 1.65 bits per heavy atom. The fourth-order valence-electron chi connectivity index (χ4n) is 6.49. The lowest BCUT2D eigenvalue weighted by Crippen LogP contribution is -2.61. The van der Waals surface area contributed by atoms with Crippen molar-refractivity contribution in [1.82, 2.24) is 24.9 Å². The second kappa shape index (κ2) is 13.2. The number of rotatable bonds is 9. The summed E-state index contributed by atoms with van der Waals surface area (Å²) in [5, 5.41) is 22.7. The minimum Gasteiger partial charge on any atom is -0.480 e. The van der Waals surface area contributed by atoms with Gasteiger partial charge in [-0.15, -0.1) is 0 Å². The maximum Gasteiger partial charge on any atom is 0.326 e. The number of carbonyl (C=O) groups is 4. The number of amides is 3. The van der Waals surface area contributed by atoms with Gasteiger partial charge in [-0.2, -0.15) is 0 Å². The molecule has 40 heavy (non-hydrogen) atoms. The molecule has 3 amide bonds. The molecule has 0 spiro atoms. The van der Waals surface area contributed by atoms with Crippen LogP contribution in [0.2, 0.25) is 0 Å². The second-order valence-corrected chi connectivity index (χ2v) is 13.4. The van der Waals surface area contributed by atoms with Gasteiger partial charge in [-0.1, -0.05) is 41.0 Å². The molecule has 228 valence electrons. The number of carboxylic acid groups (broad SMARTS) is 1. The van der Waals surface area contributed by atoms with Crippen molar-refractivity contribution in [1.29, 1.82) is 0 Å². The molecule has 3 heterocycles. The molecule has 0 bridgehead atoms. The number of nitrogens with zero attached hydrogens (tertiary/aromatic N) is 4. The molecule has 3 fully saturated rings. The maximum absolute atomic E-state index is 14.0. The minimum atomic E-state index is -1.10. The Morgan fingerprint density at radius 3 is 2.23 bits per heavy atom. The number of hydrogen-bond donors (Lipinski definition) is 3. The summed E-state index contributed by atoms with van der Waals surface area (Å²) in [7, 11) is 3.72. The van der Waals surface area contributed by atoms with Crippen molar-refractivity contribution in [2.75, 3.05) is 40.3 Å². The van der Waals surface area contributed by atoms with Gasteiger partial charge in [0, 0.05) is 32.6 Å². The monoisotopic (exact) mass is 565 g/mol. The van der Waals surface area contributed by atoms with Gasteiger partial charge in [0.25, 0.3) is 0 Å². The van der Waals surface area contributed by atoms with E-state index in [-0.39, 0.29) is 48.7 Å². The average molecular weight is 566 g/mol. The molecule has 3 aliphatic heterocycles. The molecule has 3 rings (SSSR count). The standard InChI is InChI=1S/C29H51N5O6/c1-18(2)23(17-33-14-10-12-21(33)26(37)34-16-19(35)15-22(34)28(39)40)32(7)27(38)24(29(3,4)5)30-25(36)20-11-8-9-13-31(20)6/h18-24,35H,8-17H2,1-7H3,(H,30,36)(H,39,40)/t19?,20-,21+,22+,23-,24-/m1/s1. The van der Waals surface area contributed by atoms with Gasteiger partial charge >= 0.3 is 5.97 Å². The Hall–Kier alpha value is -2.24. The van der Waals surface area contributed by atoms with Gasteiger partial charge in [0.05, 0.1) is 18.2 Å². The van der Waals surface area contributed by atoms with Crippen LogP contribution in [0.3, 0.4) is 0 Å². The highest BCUT2D eigenvalue weighted by atomic mass is 16.4. The van der Waals surface area contributed by atoms with Gasteiger partial charge in [0.15, 0.2) is 0 Å². The van der Waals surface area contributed by atoms with Crippen molar-refractivity contribution in [3.63, 3.8) is 0 Å². The lowest BCUT2D eigenvalue weighted by molar-refractivity contribution is -0.150. The predicted octanol–water partition coefficient (Wildman–Crippen LogP) is 0.995. The first-order valence-electron chi connectivity index (χ1n) is 14.9. The summed E-state index contributed by atoms with van der Waals surface area (Å²) in [6.45, 7) is 12.0. The summed E-state index contributed by atoms with van der Waals surface area (Å²) in [6.07, 6.45) is 3.43. The molecule has 3 saturated heterocycles.